The molecule has 1 aliphatic carbocycles. The van der Waals surface area contributed by atoms with E-state index in [4.69, 9.17) is 11.1 Å². The second kappa shape index (κ2) is 5.25. The fourth-order valence-electron chi connectivity index (χ4n) is 2.39. The molecule has 1 aromatic heterocycles. The minimum atomic E-state index is -0.424. The summed E-state index contributed by atoms with van der Waals surface area (Å²) in [6.07, 6.45) is 2.22. The minimum Gasteiger partial charge on any atom is -0.384 e. The molecule has 0 atom stereocenters. The summed E-state index contributed by atoms with van der Waals surface area (Å²) < 4.78 is 14.0. The van der Waals surface area contributed by atoms with Crippen molar-refractivity contribution < 1.29 is 4.39 Å². The molecule has 1 fully saturated rings. The van der Waals surface area contributed by atoms with Gasteiger partial charge in [-0.05, 0) is 36.4 Å². The molecule has 5 heteroatoms. The SMILES string of the molecule is N=C(N)c1c(F)cccc1N(Cc1cccs1)C1CC1. The van der Waals surface area contributed by atoms with E-state index >= 15 is 0 Å². The number of nitrogen functional groups attached to an aromatic ring is 1. The summed E-state index contributed by atoms with van der Waals surface area (Å²) in [6.45, 7) is 0.742. The lowest BCUT2D eigenvalue weighted by atomic mass is 10.1. The van der Waals surface area contributed by atoms with Gasteiger partial charge in [-0.2, -0.15) is 0 Å². The smallest absolute Gasteiger partial charge is 0.136 e. The van der Waals surface area contributed by atoms with Crippen molar-refractivity contribution in [2.75, 3.05) is 4.90 Å². The molecular formula is C15H16FN3S. The van der Waals surface area contributed by atoms with Crippen LogP contribution in [-0.2, 0) is 6.54 Å². The average molecular weight is 289 g/mol. The Hall–Kier alpha value is -1.88. The van der Waals surface area contributed by atoms with Gasteiger partial charge in [-0.25, -0.2) is 4.39 Å². The zero-order valence-electron chi connectivity index (χ0n) is 11.0. The third kappa shape index (κ3) is 2.54. The Labute approximate surface area is 121 Å². The molecule has 2 aromatic rings. The van der Waals surface area contributed by atoms with E-state index in [1.165, 1.54) is 10.9 Å². The Balaban J connectivity index is 1.99. The number of hydrogen-bond donors (Lipinski definition) is 2. The largest absolute Gasteiger partial charge is 0.384 e. The number of amidine groups is 1. The lowest BCUT2D eigenvalue weighted by Crippen LogP contribution is -2.28. The molecule has 0 bridgehead atoms. The van der Waals surface area contributed by atoms with Crippen molar-refractivity contribution in [3.63, 3.8) is 0 Å². The average Bonchev–Trinajstić information content (AvgIpc) is 3.12. The first-order valence-electron chi connectivity index (χ1n) is 6.58. The standard InChI is InChI=1S/C15H16FN3S/c16-12-4-1-5-13(14(12)15(17)18)19(10-6-7-10)9-11-3-2-8-20-11/h1-5,8,10H,6-7,9H2,(H3,17,18). The first kappa shape index (κ1) is 13.1. The fraction of sp³-hybridized carbons (Fsp3) is 0.267. The molecule has 0 amide bonds. The highest BCUT2D eigenvalue weighted by Gasteiger charge is 2.31. The lowest BCUT2D eigenvalue weighted by Gasteiger charge is -2.26. The predicted molar refractivity (Wildman–Crippen MR) is 80.9 cm³/mol. The third-order valence-electron chi connectivity index (χ3n) is 3.46. The molecule has 0 spiro atoms. The maximum absolute atomic E-state index is 14.0. The fourth-order valence-corrected chi connectivity index (χ4v) is 3.09. The Bertz CT molecular complexity index is 620. The normalized spacial score (nSPS) is 14.2. The number of rotatable bonds is 5. The maximum Gasteiger partial charge on any atom is 0.136 e. The molecular weight excluding hydrogens is 273 g/mol. The highest BCUT2D eigenvalue weighted by atomic mass is 32.1. The second-order valence-electron chi connectivity index (χ2n) is 4.99. The quantitative estimate of drug-likeness (QED) is 0.655. The first-order valence-corrected chi connectivity index (χ1v) is 7.46. The van der Waals surface area contributed by atoms with Crippen LogP contribution in [0, 0.1) is 11.2 Å². The van der Waals surface area contributed by atoms with Crippen LogP contribution in [0.1, 0.15) is 23.3 Å². The third-order valence-corrected chi connectivity index (χ3v) is 4.33. The lowest BCUT2D eigenvalue weighted by molar-refractivity contribution is 0.623. The first-order chi connectivity index (χ1) is 9.66. The summed E-state index contributed by atoms with van der Waals surface area (Å²) in [5, 5.41) is 9.67. The predicted octanol–water partition coefficient (Wildman–Crippen LogP) is 3.34. The van der Waals surface area contributed by atoms with E-state index in [1.807, 2.05) is 17.5 Å². The summed E-state index contributed by atoms with van der Waals surface area (Å²) in [5.41, 5.74) is 6.51. The van der Waals surface area contributed by atoms with Crippen LogP contribution in [0.2, 0.25) is 0 Å². The van der Waals surface area contributed by atoms with Gasteiger partial charge in [0.05, 0.1) is 17.8 Å². The van der Waals surface area contributed by atoms with Crippen molar-refractivity contribution in [2.24, 2.45) is 5.73 Å². The molecule has 104 valence electrons. The second-order valence-corrected chi connectivity index (χ2v) is 6.02. The molecule has 1 aliphatic rings. The topological polar surface area (TPSA) is 53.1 Å². The van der Waals surface area contributed by atoms with Crippen molar-refractivity contribution in [1.82, 2.24) is 0 Å². The van der Waals surface area contributed by atoms with E-state index in [9.17, 15) is 4.39 Å². The number of thiophene rings is 1. The van der Waals surface area contributed by atoms with Crippen molar-refractivity contribution >= 4 is 22.9 Å². The van der Waals surface area contributed by atoms with Crippen LogP contribution in [0.15, 0.2) is 35.7 Å². The number of hydrogen-bond acceptors (Lipinski definition) is 3. The number of nitrogens with one attached hydrogen (secondary N) is 1. The number of nitrogens with zero attached hydrogens (tertiary/aromatic N) is 1. The highest BCUT2D eigenvalue weighted by Crippen LogP contribution is 2.36. The van der Waals surface area contributed by atoms with Crippen LogP contribution in [0.25, 0.3) is 0 Å². The maximum atomic E-state index is 14.0. The molecule has 3 nitrogen and oxygen atoms in total. The van der Waals surface area contributed by atoms with Gasteiger partial charge in [0.25, 0.3) is 0 Å². The molecule has 1 aromatic carbocycles. The molecule has 0 aliphatic heterocycles. The molecule has 0 radical (unpaired) electrons. The van der Waals surface area contributed by atoms with Crippen molar-refractivity contribution in [2.45, 2.75) is 25.4 Å². The number of halogens is 1. The van der Waals surface area contributed by atoms with E-state index in [2.05, 4.69) is 11.0 Å². The van der Waals surface area contributed by atoms with E-state index < -0.39 is 5.82 Å². The van der Waals surface area contributed by atoms with Gasteiger partial charge < -0.3 is 10.6 Å². The van der Waals surface area contributed by atoms with Gasteiger partial charge in [-0.3, -0.25) is 5.41 Å². The Morgan fingerprint density at radius 3 is 2.75 bits per heavy atom. The Morgan fingerprint density at radius 2 is 2.15 bits per heavy atom. The zero-order valence-corrected chi connectivity index (χ0v) is 11.8. The van der Waals surface area contributed by atoms with Crippen LogP contribution in [0.4, 0.5) is 10.1 Å². The van der Waals surface area contributed by atoms with E-state index in [0.717, 1.165) is 25.1 Å². The molecule has 0 saturated heterocycles. The van der Waals surface area contributed by atoms with Gasteiger partial charge in [-0.15, -0.1) is 11.3 Å². The molecule has 20 heavy (non-hydrogen) atoms. The zero-order chi connectivity index (χ0) is 14.1. The van der Waals surface area contributed by atoms with Gasteiger partial charge in [0.2, 0.25) is 0 Å². The van der Waals surface area contributed by atoms with Crippen LogP contribution < -0.4 is 10.6 Å². The molecule has 0 unspecified atom stereocenters. The van der Waals surface area contributed by atoms with Gasteiger partial charge in [-0.1, -0.05) is 12.1 Å². The number of nitrogens with two attached hydrogens (primary N) is 1. The van der Waals surface area contributed by atoms with Crippen LogP contribution in [0.5, 0.6) is 0 Å². The van der Waals surface area contributed by atoms with E-state index in [1.54, 1.807) is 17.4 Å². The highest BCUT2D eigenvalue weighted by molar-refractivity contribution is 7.09. The summed E-state index contributed by atoms with van der Waals surface area (Å²) in [6, 6.07) is 9.41. The minimum absolute atomic E-state index is 0.213. The number of benzene rings is 1. The number of anilines is 1. The summed E-state index contributed by atoms with van der Waals surface area (Å²) in [7, 11) is 0. The monoisotopic (exact) mass is 289 g/mol. The van der Waals surface area contributed by atoms with Gasteiger partial charge >= 0.3 is 0 Å². The Morgan fingerprint density at radius 1 is 1.35 bits per heavy atom. The van der Waals surface area contributed by atoms with Crippen LogP contribution >= 0.6 is 11.3 Å². The molecule has 3 N–H and O–H groups in total. The van der Waals surface area contributed by atoms with E-state index in [0.29, 0.717) is 6.04 Å². The van der Waals surface area contributed by atoms with Crippen molar-refractivity contribution in [3.05, 3.63) is 52.0 Å². The molecule has 1 saturated carbocycles. The van der Waals surface area contributed by atoms with Crippen LogP contribution in [-0.4, -0.2) is 11.9 Å². The summed E-state index contributed by atoms with van der Waals surface area (Å²) in [4.78, 5) is 3.40. The molecule has 1 heterocycles. The summed E-state index contributed by atoms with van der Waals surface area (Å²) >= 11 is 1.69. The summed E-state index contributed by atoms with van der Waals surface area (Å²) in [5.74, 6) is -0.637. The molecule has 3 rings (SSSR count). The van der Waals surface area contributed by atoms with Crippen molar-refractivity contribution in [3.8, 4) is 0 Å². The Kier molecular flexibility index (Phi) is 3.44. The van der Waals surface area contributed by atoms with Gasteiger partial charge in [0.15, 0.2) is 0 Å². The van der Waals surface area contributed by atoms with Crippen molar-refractivity contribution in [1.29, 1.82) is 5.41 Å². The van der Waals surface area contributed by atoms with Gasteiger partial charge in [0, 0.05) is 10.9 Å². The van der Waals surface area contributed by atoms with E-state index in [-0.39, 0.29) is 11.4 Å². The van der Waals surface area contributed by atoms with Crippen LogP contribution in [0.3, 0.4) is 0 Å². The van der Waals surface area contributed by atoms with Gasteiger partial charge in [0.1, 0.15) is 11.7 Å².